The summed E-state index contributed by atoms with van der Waals surface area (Å²) in [6.07, 6.45) is 3.18. The second-order valence-electron chi connectivity index (χ2n) is 2.16. The van der Waals surface area contributed by atoms with Gasteiger partial charge in [0.25, 0.3) is 0 Å². The van der Waals surface area contributed by atoms with Crippen molar-refractivity contribution in [3.8, 4) is 0 Å². The van der Waals surface area contributed by atoms with E-state index in [1.54, 1.807) is 17.5 Å². The summed E-state index contributed by atoms with van der Waals surface area (Å²) in [5.41, 5.74) is 0.792. The Kier molecular flexibility index (Phi) is 3.02. The molecule has 2 nitrogen and oxygen atoms in total. The monoisotopic (exact) mass is 167 g/mol. The largest absolute Gasteiger partial charge is 0.249 e. The van der Waals surface area contributed by atoms with E-state index in [0.29, 0.717) is 6.42 Å². The fourth-order valence-electron chi connectivity index (χ4n) is 0.756. The van der Waals surface area contributed by atoms with Crippen LogP contribution in [0.1, 0.15) is 18.4 Å². The zero-order valence-corrected chi connectivity index (χ0v) is 7.15. The number of nitrogens with zero attached hydrogens (tertiary/aromatic N) is 1. The van der Waals surface area contributed by atoms with Gasteiger partial charge in [-0.15, -0.1) is 11.3 Å². The molecule has 1 heterocycles. The van der Waals surface area contributed by atoms with Crippen LogP contribution in [0.25, 0.3) is 0 Å². The van der Waals surface area contributed by atoms with Crippen molar-refractivity contribution in [1.29, 1.82) is 0 Å². The van der Waals surface area contributed by atoms with E-state index >= 15 is 0 Å². The van der Waals surface area contributed by atoms with Crippen LogP contribution >= 0.6 is 11.3 Å². The number of aromatic nitrogens is 1. The Bertz CT molecular complexity index is 260. The summed E-state index contributed by atoms with van der Waals surface area (Å²) < 4.78 is 0. The predicted octanol–water partition coefficient (Wildman–Crippen LogP) is 1.85. The Morgan fingerprint density at radius 1 is 1.82 bits per heavy atom. The number of carbonyl (C=O) groups excluding carboxylic acids is 1. The summed E-state index contributed by atoms with van der Waals surface area (Å²) in [4.78, 5) is 14.3. The molecule has 0 fully saturated rings. The first kappa shape index (κ1) is 8.18. The molecule has 3 heteroatoms. The molecular weight excluding hydrogens is 158 g/mol. The normalized spacial score (nSPS) is 9.18. The molecule has 0 saturated heterocycles. The van der Waals surface area contributed by atoms with Crippen molar-refractivity contribution in [2.45, 2.75) is 19.8 Å². The third kappa shape index (κ3) is 2.30. The topological polar surface area (TPSA) is 30.0 Å². The first-order chi connectivity index (χ1) is 5.36. The molecule has 58 valence electrons. The molecule has 1 aromatic heterocycles. The molecule has 1 rings (SSSR count). The third-order valence-corrected chi connectivity index (χ3v) is 2.20. The van der Waals surface area contributed by atoms with Crippen LogP contribution < -0.4 is 0 Å². The quantitative estimate of drug-likeness (QED) is 0.643. The van der Waals surface area contributed by atoms with Gasteiger partial charge in [-0.05, 0) is 6.42 Å². The highest BCUT2D eigenvalue weighted by Gasteiger charge is 1.99. The molecule has 0 bridgehead atoms. The molecule has 0 saturated carbocycles. The van der Waals surface area contributed by atoms with Crippen molar-refractivity contribution in [3.63, 3.8) is 0 Å². The standard InChI is InChI=1S/C8H9NOS/c1-2-7(6-10)5-8-9-3-4-11-8/h3-4H,2,5H2,1H3. The van der Waals surface area contributed by atoms with E-state index in [0.717, 1.165) is 17.0 Å². The maximum Gasteiger partial charge on any atom is 0.123 e. The van der Waals surface area contributed by atoms with Gasteiger partial charge in [0, 0.05) is 23.6 Å². The van der Waals surface area contributed by atoms with Crippen LogP contribution in [-0.4, -0.2) is 10.9 Å². The number of hydrogen-bond acceptors (Lipinski definition) is 3. The van der Waals surface area contributed by atoms with Gasteiger partial charge in [0.1, 0.15) is 5.94 Å². The van der Waals surface area contributed by atoms with E-state index < -0.39 is 0 Å². The first-order valence-electron chi connectivity index (χ1n) is 3.48. The molecule has 0 spiro atoms. The minimum absolute atomic E-state index is 0.664. The van der Waals surface area contributed by atoms with Crippen molar-refractivity contribution in [1.82, 2.24) is 4.98 Å². The molecule has 0 aliphatic carbocycles. The number of thiazole rings is 1. The van der Waals surface area contributed by atoms with Gasteiger partial charge in [-0.25, -0.2) is 9.78 Å². The van der Waals surface area contributed by atoms with E-state index in [1.807, 2.05) is 18.2 Å². The van der Waals surface area contributed by atoms with E-state index in [2.05, 4.69) is 4.98 Å². The summed E-state index contributed by atoms with van der Waals surface area (Å²) in [5.74, 6) is 1.92. The average molecular weight is 167 g/mol. The van der Waals surface area contributed by atoms with Gasteiger partial charge >= 0.3 is 0 Å². The van der Waals surface area contributed by atoms with Crippen LogP contribution in [0.15, 0.2) is 17.2 Å². The fourth-order valence-corrected chi connectivity index (χ4v) is 1.41. The summed E-state index contributed by atoms with van der Waals surface area (Å²) in [7, 11) is 0. The van der Waals surface area contributed by atoms with Crippen LogP contribution in [0, 0.1) is 0 Å². The highest BCUT2D eigenvalue weighted by Crippen LogP contribution is 2.10. The molecular formula is C8H9NOS. The van der Waals surface area contributed by atoms with Gasteiger partial charge in [0.05, 0.1) is 5.01 Å². The Morgan fingerprint density at radius 2 is 2.64 bits per heavy atom. The molecule has 0 aromatic carbocycles. The van der Waals surface area contributed by atoms with E-state index in [4.69, 9.17) is 0 Å². The molecule has 0 aliphatic heterocycles. The lowest BCUT2D eigenvalue weighted by Gasteiger charge is -1.93. The molecule has 0 radical (unpaired) electrons. The first-order valence-corrected chi connectivity index (χ1v) is 4.36. The molecule has 0 atom stereocenters. The van der Waals surface area contributed by atoms with Gasteiger partial charge in [-0.1, -0.05) is 6.92 Å². The zero-order chi connectivity index (χ0) is 8.10. The minimum atomic E-state index is 0.664. The maximum atomic E-state index is 10.3. The van der Waals surface area contributed by atoms with E-state index in [1.165, 1.54) is 0 Å². The van der Waals surface area contributed by atoms with Crippen molar-refractivity contribution < 1.29 is 4.79 Å². The molecule has 0 aliphatic rings. The van der Waals surface area contributed by atoms with E-state index in [9.17, 15) is 4.79 Å². The van der Waals surface area contributed by atoms with Gasteiger partial charge in [-0.2, -0.15) is 0 Å². The summed E-state index contributed by atoms with van der Waals surface area (Å²) in [6, 6.07) is 0. The van der Waals surface area contributed by atoms with Crippen LogP contribution in [0.5, 0.6) is 0 Å². The zero-order valence-electron chi connectivity index (χ0n) is 6.33. The molecule has 11 heavy (non-hydrogen) atoms. The fraction of sp³-hybridized carbons (Fsp3) is 0.375. The molecule has 1 aromatic rings. The number of allylic oxidation sites excluding steroid dienone is 1. The van der Waals surface area contributed by atoms with Gasteiger partial charge in [0.2, 0.25) is 0 Å². The number of hydrogen-bond donors (Lipinski definition) is 0. The van der Waals surface area contributed by atoms with Crippen LogP contribution in [-0.2, 0) is 11.2 Å². The Hall–Kier alpha value is -0.920. The summed E-state index contributed by atoms with van der Waals surface area (Å²) in [6.45, 7) is 1.95. The van der Waals surface area contributed by atoms with Crippen LogP contribution in [0.2, 0.25) is 0 Å². The summed E-state index contributed by atoms with van der Waals surface area (Å²) >= 11 is 1.57. The van der Waals surface area contributed by atoms with Gasteiger partial charge in [-0.3, -0.25) is 0 Å². The van der Waals surface area contributed by atoms with Gasteiger partial charge < -0.3 is 0 Å². The SMILES string of the molecule is CCC(=C=O)Cc1nccs1. The maximum absolute atomic E-state index is 10.3. The molecule has 0 amide bonds. The van der Waals surface area contributed by atoms with Crippen molar-refractivity contribution >= 4 is 17.3 Å². The third-order valence-electron chi connectivity index (χ3n) is 1.42. The second kappa shape index (κ2) is 4.06. The average Bonchev–Trinajstić information content (AvgIpc) is 2.52. The van der Waals surface area contributed by atoms with Crippen molar-refractivity contribution in [2.24, 2.45) is 0 Å². The minimum Gasteiger partial charge on any atom is -0.249 e. The van der Waals surface area contributed by atoms with Crippen LogP contribution in [0.3, 0.4) is 0 Å². The highest BCUT2D eigenvalue weighted by atomic mass is 32.1. The Labute approximate surface area is 69.6 Å². The smallest absolute Gasteiger partial charge is 0.123 e. The molecule has 0 unspecified atom stereocenters. The summed E-state index contributed by atoms with van der Waals surface area (Å²) in [5, 5.41) is 2.90. The Balaban J connectivity index is 2.63. The van der Waals surface area contributed by atoms with Crippen LogP contribution in [0.4, 0.5) is 0 Å². The number of rotatable bonds is 3. The predicted molar refractivity (Wildman–Crippen MR) is 45.3 cm³/mol. The second-order valence-corrected chi connectivity index (χ2v) is 3.14. The molecule has 0 N–H and O–H groups in total. The lowest BCUT2D eigenvalue weighted by atomic mass is 10.2. The van der Waals surface area contributed by atoms with Crippen molar-refractivity contribution in [2.75, 3.05) is 0 Å². The lowest BCUT2D eigenvalue weighted by molar-refractivity contribution is 0.565. The van der Waals surface area contributed by atoms with Gasteiger partial charge in [0.15, 0.2) is 0 Å². The van der Waals surface area contributed by atoms with Crippen molar-refractivity contribution in [3.05, 3.63) is 22.2 Å². The Morgan fingerprint density at radius 3 is 3.09 bits per heavy atom. The van der Waals surface area contributed by atoms with E-state index in [-0.39, 0.29) is 0 Å². The highest BCUT2D eigenvalue weighted by molar-refractivity contribution is 7.09. The lowest BCUT2D eigenvalue weighted by Crippen LogP contribution is -1.88.